The highest BCUT2D eigenvalue weighted by Gasteiger charge is 2.13. The van der Waals surface area contributed by atoms with Crippen molar-refractivity contribution in [1.29, 1.82) is 0 Å². The van der Waals surface area contributed by atoms with Crippen LogP contribution in [-0.2, 0) is 11.2 Å². The van der Waals surface area contributed by atoms with Gasteiger partial charge in [-0.15, -0.1) is 0 Å². The van der Waals surface area contributed by atoms with Crippen LogP contribution in [0.3, 0.4) is 0 Å². The molecule has 20 heavy (non-hydrogen) atoms. The van der Waals surface area contributed by atoms with E-state index < -0.39 is 4.92 Å². The summed E-state index contributed by atoms with van der Waals surface area (Å²) in [5.74, 6) is -0.187. The molecule has 2 rings (SSSR count). The number of anilines is 1. The molecule has 1 heterocycles. The van der Waals surface area contributed by atoms with Crippen LogP contribution < -0.4 is 5.32 Å². The van der Waals surface area contributed by atoms with Crippen molar-refractivity contribution in [1.82, 2.24) is 0 Å². The van der Waals surface area contributed by atoms with Crippen molar-refractivity contribution >= 4 is 40.2 Å². The number of hydrogen-bond donors (Lipinski definition) is 1. The summed E-state index contributed by atoms with van der Waals surface area (Å²) < 4.78 is 0. The normalized spacial score (nSPS) is 10.2. The van der Waals surface area contributed by atoms with Gasteiger partial charge in [0.25, 0.3) is 5.69 Å². The Labute approximate surface area is 124 Å². The third kappa shape index (κ3) is 3.79. The standard InChI is InChI=1S/C13H11ClN2O3S/c14-11-3-2-10(7-12(11)16(18)19)15-13(17)4-1-9-5-6-20-8-9/h2-3,5-8H,1,4H2,(H,15,17). The minimum Gasteiger partial charge on any atom is -0.326 e. The van der Waals surface area contributed by atoms with E-state index in [1.54, 1.807) is 11.3 Å². The van der Waals surface area contributed by atoms with Gasteiger partial charge >= 0.3 is 0 Å². The molecule has 5 nitrogen and oxygen atoms in total. The number of carbonyl (C=O) groups excluding carboxylic acids is 1. The smallest absolute Gasteiger partial charge is 0.289 e. The van der Waals surface area contributed by atoms with Gasteiger partial charge in [-0.1, -0.05) is 11.6 Å². The van der Waals surface area contributed by atoms with Crippen molar-refractivity contribution in [2.75, 3.05) is 5.32 Å². The molecule has 0 saturated heterocycles. The van der Waals surface area contributed by atoms with Gasteiger partial charge in [-0.05, 0) is 40.9 Å². The maximum atomic E-state index is 11.8. The van der Waals surface area contributed by atoms with Crippen molar-refractivity contribution in [2.24, 2.45) is 0 Å². The molecule has 0 bridgehead atoms. The number of rotatable bonds is 5. The van der Waals surface area contributed by atoms with Gasteiger partial charge < -0.3 is 5.32 Å². The summed E-state index contributed by atoms with van der Waals surface area (Å²) in [5.41, 5.74) is 1.26. The van der Waals surface area contributed by atoms with E-state index in [9.17, 15) is 14.9 Å². The lowest BCUT2D eigenvalue weighted by Gasteiger charge is -2.05. The molecule has 0 radical (unpaired) electrons. The summed E-state index contributed by atoms with van der Waals surface area (Å²) in [6, 6.07) is 6.15. The molecule has 2 aromatic rings. The van der Waals surface area contributed by atoms with Gasteiger partial charge in [0, 0.05) is 18.2 Å². The van der Waals surface area contributed by atoms with Gasteiger partial charge in [0.05, 0.1) is 4.92 Å². The van der Waals surface area contributed by atoms with E-state index in [-0.39, 0.29) is 16.6 Å². The fourth-order valence-corrected chi connectivity index (χ4v) is 2.54. The summed E-state index contributed by atoms with van der Waals surface area (Å²) in [6.07, 6.45) is 0.970. The molecule has 1 amide bonds. The van der Waals surface area contributed by atoms with Gasteiger partial charge in [0.2, 0.25) is 5.91 Å². The summed E-state index contributed by atoms with van der Waals surface area (Å²) in [5, 5.41) is 17.4. The van der Waals surface area contributed by atoms with E-state index in [1.807, 2.05) is 16.8 Å². The Hall–Kier alpha value is -1.92. The molecule has 104 valence electrons. The zero-order valence-electron chi connectivity index (χ0n) is 10.3. The number of nitrogens with zero attached hydrogens (tertiary/aromatic N) is 1. The highest BCUT2D eigenvalue weighted by molar-refractivity contribution is 7.07. The second kappa shape index (κ2) is 6.49. The van der Waals surface area contributed by atoms with Crippen LogP contribution in [-0.4, -0.2) is 10.8 Å². The van der Waals surface area contributed by atoms with Crippen molar-refractivity contribution in [3.05, 3.63) is 55.7 Å². The van der Waals surface area contributed by atoms with Gasteiger partial charge in [-0.25, -0.2) is 0 Å². The zero-order valence-corrected chi connectivity index (χ0v) is 11.9. The first-order chi connectivity index (χ1) is 9.56. The number of thiophene rings is 1. The van der Waals surface area contributed by atoms with Crippen LogP contribution in [0.25, 0.3) is 0 Å². The molecule has 0 fully saturated rings. The second-order valence-corrected chi connectivity index (χ2v) is 5.29. The van der Waals surface area contributed by atoms with E-state index in [0.717, 1.165) is 5.56 Å². The zero-order chi connectivity index (χ0) is 14.5. The van der Waals surface area contributed by atoms with Crippen LogP contribution in [0.1, 0.15) is 12.0 Å². The Balaban J connectivity index is 1.97. The molecular formula is C13H11ClN2O3S. The molecule has 1 aromatic heterocycles. The highest BCUT2D eigenvalue weighted by Crippen LogP contribution is 2.27. The summed E-state index contributed by atoms with van der Waals surface area (Å²) >= 11 is 7.28. The van der Waals surface area contributed by atoms with Gasteiger partial charge in [-0.2, -0.15) is 11.3 Å². The first-order valence-corrected chi connectivity index (χ1v) is 7.13. The number of benzene rings is 1. The average molecular weight is 311 g/mol. The minimum atomic E-state index is -0.580. The molecule has 0 spiro atoms. The Morgan fingerprint density at radius 1 is 1.40 bits per heavy atom. The topological polar surface area (TPSA) is 72.2 Å². The second-order valence-electron chi connectivity index (χ2n) is 4.10. The van der Waals surface area contributed by atoms with Crippen LogP contribution in [0.15, 0.2) is 35.0 Å². The summed E-state index contributed by atoms with van der Waals surface area (Å²) in [6.45, 7) is 0. The van der Waals surface area contributed by atoms with Crippen LogP contribution in [0, 0.1) is 10.1 Å². The fraction of sp³-hybridized carbons (Fsp3) is 0.154. The number of nitrogens with one attached hydrogen (secondary N) is 1. The van der Waals surface area contributed by atoms with Crippen LogP contribution in [0.5, 0.6) is 0 Å². The third-order valence-corrected chi connectivity index (χ3v) is 3.70. The summed E-state index contributed by atoms with van der Waals surface area (Å²) in [4.78, 5) is 21.9. The number of halogens is 1. The van der Waals surface area contributed by atoms with Crippen molar-refractivity contribution < 1.29 is 9.72 Å². The van der Waals surface area contributed by atoms with Crippen LogP contribution >= 0.6 is 22.9 Å². The molecule has 1 N–H and O–H groups in total. The third-order valence-electron chi connectivity index (χ3n) is 2.65. The minimum absolute atomic E-state index is 0.0475. The monoisotopic (exact) mass is 310 g/mol. The Kier molecular flexibility index (Phi) is 4.70. The summed E-state index contributed by atoms with van der Waals surface area (Å²) in [7, 11) is 0. The lowest BCUT2D eigenvalue weighted by Crippen LogP contribution is -2.12. The van der Waals surface area contributed by atoms with E-state index in [1.165, 1.54) is 18.2 Å². The Bertz CT molecular complexity index is 629. The van der Waals surface area contributed by atoms with Crippen LogP contribution in [0.2, 0.25) is 5.02 Å². The predicted molar refractivity (Wildman–Crippen MR) is 79.4 cm³/mol. The lowest BCUT2D eigenvalue weighted by molar-refractivity contribution is -0.384. The van der Waals surface area contributed by atoms with Crippen LogP contribution in [0.4, 0.5) is 11.4 Å². The quantitative estimate of drug-likeness (QED) is 0.673. The maximum Gasteiger partial charge on any atom is 0.289 e. The average Bonchev–Trinajstić information content (AvgIpc) is 2.91. The largest absolute Gasteiger partial charge is 0.326 e. The molecule has 0 unspecified atom stereocenters. The fourth-order valence-electron chi connectivity index (χ4n) is 1.65. The number of aryl methyl sites for hydroxylation is 1. The molecule has 7 heteroatoms. The Morgan fingerprint density at radius 3 is 2.85 bits per heavy atom. The first-order valence-electron chi connectivity index (χ1n) is 5.81. The van der Waals surface area contributed by atoms with Gasteiger partial charge in [-0.3, -0.25) is 14.9 Å². The molecule has 0 aliphatic heterocycles. The Morgan fingerprint density at radius 2 is 2.20 bits per heavy atom. The SMILES string of the molecule is O=C(CCc1ccsc1)Nc1ccc(Cl)c([N+](=O)[O-])c1. The molecule has 0 saturated carbocycles. The van der Waals surface area contributed by atoms with Crippen molar-refractivity contribution in [3.63, 3.8) is 0 Å². The molecule has 0 aliphatic rings. The first kappa shape index (κ1) is 14.5. The van der Waals surface area contributed by atoms with E-state index in [2.05, 4.69) is 5.32 Å². The number of hydrogen-bond acceptors (Lipinski definition) is 4. The van der Waals surface area contributed by atoms with E-state index in [4.69, 9.17) is 11.6 Å². The highest BCUT2D eigenvalue weighted by atomic mass is 35.5. The van der Waals surface area contributed by atoms with Crippen molar-refractivity contribution in [2.45, 2.75) is 12.8 Å². The van der Waals surface area contributed by atoms with Gasteiger partial charge in [0.15, 0.2) is 0 Å². The molecule has 0 aliphatic carbocycles. The van der Waals surface area contributed by atoms with E-state index in [0.29, 0.717) is 18.5 Å². The predicted octanol–water partition coefficient (Wildman–Crippen LogP) is 3.88. The van der Waals surface area contributed by atoms with Crippen molar-refractivity contribution in [3.8, 4) is 0 Å². The number of amides is 1. The number of nitro benzene ring substituents is 1. The number of nitro groups is 1. The maximum absolute atomic E-state index is 11.8. The molecular weight excluding hydrogens is 300 g/mol. The van der Waals surface area contributed by atoms with E-state index >= 15 is 0 Å². The lowest BCUT2D eigenvalue weighted by atomic mass is 10.2. The number of carbonyl (C=O) groups is 1. The van der Waals surface area contributed by atoms with Gasteiger partial charge in [0.1, 0.15) is 5.02 Å². The molecule has 1 aromatic carbocycles. The molecule has 0 atom stereocenters.